The second kappa shape index (κ2) is 8.09. The maximum atomic E-state index is 13.6. The van der Waals surface area contributed by atoms with Gasteiger partial charge in [-0.25, -0.2) is 4.39 Å². The molecule has 3 N–H and O–H groups in total. The van der Waals surface area contributed by atoms with E-state index in [9.17, 15) is 18.8 Å². The Labute approximate surface area is 152 Å². The summed E-state index contributed by atoms with van der Waals surface area (Å²) in [4.78, 5) is 35.6. The minimum atomic E-state index is -1.21. The van der Waals surface area contributed by atoms with Crippen LogP contribution in [0.1, 0.15) is 15.9 Å². The highest BCUT2D eigenvalue weighted by Gasteiger charge is 2.27. The second-order valence-corrected chi connectivity index (χ2v) is 6.00. The number of benzene rings is 2. The minimum absolute atomic E-state index is 0.0437. The lowest BCUT2D eigenvalue weighted by molar-refractivity contribution is -0.137. The van der Waals surface area contributed by atoms with E-state index in [2.05, 4.69) is 5.32 Å². The number of nitrogens with one attached hydrogen (secondary N) is 1. The first-order valence-electron chi connectivity index (χ1n) is 7.12. The van der Waals surface area contributed by atoms with Crippen molar-refractivity contribution in [1.82, 2.24) is 5.32 Å². The molecule has 25 heavy (non-hydrogen) atoms. The van der Waals surface area contributed by atoms with E-state index < -0.39 is 29.5 Å². The number of nitrogens with two attached hydrogens (primary N) is 1. The van der Waals surface area contributed by atoms with Crippen molar-refractivity contribution < 1.29 is 18.8 Å². The third-order valence-electron chi connectivity index (χ3n) is 3.40. The molecule has 0 aromatic heterocycles. The Hall–Kier alpha value is -2.44. The zero-order valence-electron chi connectivity index (χ0n) is 12.8. The van der Waals surface area contributed by atoms with Crippen molar-refractivity contribution in [3.63, 3.8) is 0 Å². The first-order chi connectivity index (χ1) is 11.8. The molecule has 130 valence electrons. The summed E-state index contributed by atoms with van der Waals surface area (Å²) in [6.07, 6.45) is 0.0437. The molecule has 2 aromatic rings. The van der Waals surface area contributed by atoms with Gasteiger partial charge in [0.2, 0.25) is 5.78 Å². The molecular weight excluding hydrogens is 370 g/mol. The topological polar surface area (TPSA) is 89.3 Å². The third kappa shape index (κ3) is 4.78. The van der Waals surface area contributed by atoms with Gasteiger partial charge >= 0.3 is 0 Å². The smallest absolute Gasteiger partial charge is 0.287 e. The van der Waals surface area contributed by atoms with Crippen molar-refractivity contribution in [1.29, 1.82) is 0 Å². The van der Waals surface area contributed by atoms with E-state index in [0.717, 1.165) is 12.1 Å². The molecule has 2 rings (SSSR count). The van der Waals surface area contributed by atoms with Gasteiger partial charge in [0, 0.05) is 6.42 Å². The van der Waals surface area contributed by atoms with Gasteiger partial charge in [0.1, 0.15) is 11.9 Å². The summed E-state index contributed by atoms with van der Waals surface area (Å²) >= 11 is 11.5. The number of ketones is 1. The van der Waals surface area contributed by atoms with Gasteiger partial charge in [0.15, 0.2) is 0 Å². The Balaban J connectivity index is 2.27. The fraction of sp³-hybridized carbons (Fsp3) is 0.118. The second-order valence-electron chi connectivity index (χ2n) is 5.19. The summed E-state index contributed by atoms with van der Waals surface area (Å²) in [5.41, 5.74) is 5.53. The largest absolute Gasteiger partial charge is 0.363 e. The van der Waals surface area contributed by atoms with Crippen molar-refractivity contribution in [2.45, 2.75) is 12.5 Å². The molecule has 0 saturated carbocycles. The zero-order chi connectivity index (χ0) is 18.6. The highest BCUT2D eigenvalue weighted by atomic mass is 35.5. The molecule has 1 unspecified atom stereocenters. The molecule has 0 bridgehead atoms. The predicted octanol–water partition coefficient (Wildman–Crippen LogP) is 2.53. The Morgan fingerprint density at radius 3 is 2.32 bits per heavy atom. The molecular formula is C17H13Cl2FN2O3. The molecule has 0 radical (unpaired) electrons. The Morgan fingerprint density at radius 2 is 1.72 bits per heavy atom. The van der Waals surface area contributed by atoms with Crippen LogP contribution in [0.15, 0.2) is 42.5 Å². The number of primary amides is 1. The van der Waals surface area contributed by atoms with Gasteiger partial charge in [-0.05, 0) is 17.7 Å². The molecule has 5 nitrogen and oxygen atoms in total. The number of halogens is 3. The molecule has 0 aliphatic heterocycles. The van der Waals surface area contributed by atoms with E-state index in [-0.39, 0.29) is 22.0 Å². The first kappa shape index (κ1) is 18.9. The summed E-state index contributed by atoms with van der Waals surface area (Å²) in [7, 11) is 0. The Morgan fingerprint density at radius 1 is 1.08 bits per heavy atom. The van der Waals surface area contributed by atoms with Crippen LogP contribution in [0.4, 0.5) is 4.39 Å². The lowest BCUT2D eigenvalue weighted by atomic mass is 10.0. The van der Waals surface area contributed by atoms with Crippen LogP contribution in [-0.2, 0) is 16.0 Å². The highest BCUT2D eigenvalue weighted by molar-refractivity contribution is 6.39. The van der Waals surface area contributed by atoms with Gasteiger partial charge in [-0.2, -0.15) is 0 Å². The van der Waals surface area contributed by atoms with E-state index in [0.29, 0.717) is 5.56 Å². The maximum Gasteiger partial charge on any atom is 0.287 e. The average molecular weight is 383 g/mol. The molecule has 0 spiro atoms. The number of hydrogen-bond acceptors (Lipinski definition) is 3. The van der Waals surface area contributed by atoms with Crippen molar-refractivity contribution in [3.8, 4) is 0 Å². The summed E-state index contributed by atoms with van der Waals surface area (Å²) in [5, 5.41) is 2.04. The van der Waals surface area contributed by atoms with Crippen LogP contribution in [0.2, 0.25) is 10.0 Å². The molecule has 0 saturated heterocycles. The standard InChI is InChI=1S/C17H13Cl2FN2O3/c18-11-8-12(19)13(20)7-10(11)17(25)22-14(15(23)16(21)24)6-9-4-2-1-3-5-9/h1-5,7-8,14H,6H2,(H2,21,24)(H,22,25). The monoisotopic (exact) mass is 382 g/mol. The van der Waals surface area contributed by atoms with Gasteiger partial charge in [-0.1, -0.05) is 53.5 Å². The van der Waals surface area contributed by atoms with Crippen LogP contribution < -0.4 is 11.1 Å². The number of Topliss-reactive ketones (excluding diaryl/α,β-unsaturated/α-hetero) is 1. The van der Waals surface area contributed by atoms with Crippen molar-refractivity contribution in [2.75, 3.05) is 0 Å². The molecule has 0 aliphatic rings. The SMILES string of the molecule is NC(=O)C(=O)C(Cc1ccccc1)NC(=O)c1cc(F)c(Cl)cc1Cl. The van der Waals surface area contributed by atoms with Crippen LogP contribution in [0, 0.1) is 5.82 Å². The lowest BCUT2D eigenvalue weighted by Crippen LogP contribution is -2.47. The quantitative estimate of drug-likeness (QED) is 0.594. The highest BCUT2D eigenvalue weighted by Crippen LogP contribution is 2.24. The lowest BCUT2D eigenvalue weighted by Gasteiger charge is -2.17. The molecule has 1 atom stereocenters. The number of rotatable bonds is 6. The van der Waals surface area contributed by atoms with Crippen LogP contribution in [0.3, 0.4) is 0 Å². The Kier molecular flexibility index (Phi) is 6.12. The van der Waals surface area contributed by atoms with Crippen molar-refractivity contribution in [3.05, 3.63) is 69.5 Å². The molecule has 2 aromatic carbocycles. The Bertz CT molecular complexity index is 828. The van der Waals surface area contributed by atoms with E-state index in [1.807, 2.05) is 0 Å². The summed E-state index contributed by atoms with van der Waals surface area (Å²) in [5.74, 6) is -3.81. The number of carbonyl (C=O) groups is 3. The summed E-state index contributed by atoms with van der Waals surface area (Å²) in [6.45, 7) is 0. The third-order valence-corrected chi connectivity index (χ3v) is 4.00. The summed E-state index contributed by atoms with van der Waals surface area (Å²) in [6, 6.07) is 9.45. The maximum absolute atomic E-state index is 13.6. The fourth-order valence-electron chi connectivity index (χ4n) is 2.16. The van der Waals surface area contributed by atoms with Crippen molar-refractivity contribution in [2.24, 2.45) is 5.73 Å². The number of amides is 2. The van der Waals surface area contributed by atoms with Gasteiger partial charge in [-0.3, -0.25) is 14.4 Å². The van der Waals surface area contributed by atoms with Crippen LogP contribution in [-0.4, -0.2) is 23.6 Å². The van der Waals surface area contributed by atoms with Gasteiger partial charge in [-0.15, -0.1) is 0 Å². The molecule has 0 aliphatic carbocycles. The van der Waals surface area contributed by atoms with Gasteiger partial charge in [0.05, 0.1) is 15.6 Å². The predicted molar refractivity (Wildman–Crippen MR) is 92.0 cm³/mol. The van der Waals surface area contributed by atoms with Crippen LogP contribution in [0.25, 0.3) is 0 Å². The van der Waals surface area contributed by atoms with Gasteiger partial charge < -0.3 is 11.1 Å². The number of carbonyl (C=O) groups excluding carboxylic acids is 3. The normalized spacial score (nSPS) is 11.6. The summed E-state index contributed by atoms with van der Waals surface area (Å²) < 4.78 is 13.6. The first-order valence-corrected chi connectivity index (χ1v) is 7.88. The molecule has 0 fully saturated rings. The van der Waals surface area contributed by atoms with E-state index >= 15 is 0 Å². The van der Waals surface area contributed by atoms with Crippen LogP contribution in [0.5, 0.6) is 0 Å². The fourth-order valence-corrected chi connectivity index (χ4v) is 2.63. The molecule has 0 heterocycles. The minimum Gasteiger partial charge on any atom is -0.363 e. The van der Waals surface area contributed by atoms with E-state index in [1.165, 1.54) is 0 Å². The van der Waals surface area contributed by atoms with Gasteiger partial charge in [0.25, 0.3) is 11.8 Å². The zero-order valence-corrected chi connectivity index (χ0v) is 14.3. The van der Waals surface area contributed by atoms with E-state index in [1.54, 1.807) is 30.3 Å². The van der Waals surface area contributed by atoms with Crippen molar-refractivity contribution >= 4 is 40.8 Å². The van der Waals surface area contributed by atoms with Crippen LogP contribution >= 0.6 is 23.2 Å². The van der Waals surface area contributed by atoms with E-state index in [4.69, 9.17) is 28.9 Å². The average Bonchev–Trinajstić information content (AvgIpc) is 2.57. The molecule has 8 heteroatoms. The molecule has 2 amide bonds. The number of hydrogen-bond donors (Lipinski definition) is 2.